The van der Waals surface area contributed by atoms with Crippen LogP contribution in [0.2, 0.25) is 0 Å². The molecule has 0 bridgehead atoms. The van der Waals surface area contributed by atoms with Gasteiger partial charge in [-0.3, -0.25) is 4.79 Å². The second-order valence-electron chi connectivity index (χ2n) is 4.65. The van der Waals surface area contributed by atoms with Crippen molar-refractivity contribution in [1.29, 1.82) is 0 Å². The van der Waals surface area contributed by atoms with E-state index >= 15 is 0 Å². The number of hydrogen-bond donors (Lipinski definition) is 3. The van der Waals surface area contributed by atoms with Gasteiger partial charge in [0.1, 0.15) is 5.75 Å². The molecular weight excluding hydrogens is 282 g/mol. The molecule has 3 N–H and O–H groups in total. The topological polar surface area (TPSA) is 78.8 Å². The zero-order valence-corrected chi connectivity index (χ0v) is 12.1. The van der Waals surface area contributed by atoms with Gasteiger partial charge in [-0.15, -0.1) is 0 Å². The van der Waals surface area contributed by atoms with E-state index < -0.39 is 0 Å². The van der Waals surface area contributed by atoms with Crippen LogP contribution in [0, 0.1) is 0 Å². The molecule has 114 valence electrons. The molecule has 5 nitrogen and oxygen atoms in total. The monoisotopic (exact) mass is 299 g/mol. The molecule has 0 aliphatic rings. The van der Waals surface area contributed by atoms with Gasteiger partial charge in [0.05, 0.1) is 7.11 Å². The summed E-state index contributed by atoms with van der Waals surface area (Å²) < 4.78 is 5.01. The summed E-state index contributed by atoms with van der Waals surface area (Å²) in [6.45, 7) is 0.319. The molecule has 5 heteroatoms. The Bertz CT molecular complexity index is 695. The minimum absolute atomic E-state index is 0.0568. The summed E-state index contributed by atoms with van der Waals surface area (Å²) in [4.78, 5) is 11.8. The molecule has 0 heterocycles. The number of carbonyl (C=O) groups is 1. The highest BCUT2D eigenvalue weighted by atomic mass is 16.5. The summed E-state index contributed by atoms with van der Waals surface area (Å²) in [5, 5.41) is 21.6. The SMILES string of the molecule is COc1cc(CNC(=O)/C=C/c2cccc(O)c2)ccc1O. The van der Waals surface area contributed by atoms with Crippen LogP contribution in [0.25, 0.3) is 6.08 Å². The number of ether oxygens (including phenoxy) is 1. The summed E-state index contributed by atoms with van der Waals surface area (Å²) in [6, 6.07) is 11.5. The van der Waals surface area contributed by atoms with Crippen LogP contribution < -0.4 is 10.1 Å². The van der Waals surface area contributed by atoms with Gasteiger partial charge >= 0.3 is 0 Å². The molecule has 1 amide bonds. The van der Waals surface area contributed by atoms with Crippen molar-refractivity contribution in [2.45, 2.75) is 6.54 Å². The quantitative estimate of drug-likeness (QED) is 0.741. The highest BCUT2D eigenvalue weighted by Gasteiger charge is 2.03. The van der Waals surface area contributed by atoms with Gasteiger partial charge in [-0.05, 0) is 41.5 Å². The molecule has 0 saturated carbocycles. The van der Waals surface area contributed by atoms with Gasteiger partial charge in [0.25, 0.3) is 0 Å². The van der Waals surface area contributed by atoms with E-state index in [-0.39, 0.29) is 17.4 Å². The molecule has 0 aliphatic heterocycles. The minimum Gasteiger partial charge on any atom is -0.508 e. The van der Waals surface area contributed by atoms with Crippen molar-refractivity contribution in [2.75, 3.05) is 7.11 Å². The van der Waals surface area contributed by atoms with Crippen LogP contribution in [0.15, 0.2) is 48.5 Å². The standard InChI is InChI=1S/C17H17NO4/c1-22-16-10-13(5-7-15(16)20)11-18-17(21)8-6-12-3-2-4-14(19)9-12/h2-10,19-20H,11H2,1H3,(H,18,21)/b8-6+. The van der Waals surface area contributed by atoms with Crippen LogP contribution in [0.1, 0.15) is 11.1 Å². The number of carbonyl (C=O) groups excluding carboxylic acids is 1. The lowest BCUT2D eigenvalue weighted by Crippen LogP contribution is -2.20. The smallest absolute Gasteiger partial charge is 0.244 e. The minimum atomic E-state index is -0.254. The predicted molar refractivity (Wildman–Crippen MR) is 83.6 cm³/mol. The number of phenols is 2. The van der Waals surface area contributed by atoms with E-state index in [9.17, 15) is 15.0 Å². The fraction of sp³-hybridized carbons (Fsp3) is 0.118. The maximum Gasteiger partial charge on any atom is 0.244 e. The number of nitrogens with one attached hydrogen (secondary N) is 1. The number of amides is 1. The van der Waals surface area contributed by atoms with E-state index in [1.54, 1.807) is 42.5 Å². The number of methoxy groups -OCH3 is 1. The third kappa shape index (κ3) is 4.28. The van der Waals surface area contributed by atoms with Gasteiger partial charge in [-0.1, -0.05) is 18.2 Å². The normalized spacial score (nSPS) is 10.6. The van der Waals surface area contributed by atoms with E-state index in [2.05, 4.69) is 5.32 Å². The van der Waals surface area contributed by atoms with Gasteiger partial charge in [0, 0.05) is 12.6 Å². The molecule has 0 saturated heterocycles. The largest absolute Gasteiger partial charge is 0.508 e. The molecule has 0 unspecified atom stereocenters. The van der Waals surface area contributed by atoms with Gasteiger partial charge in [0.2, 0.25) is 5.91 Å². The van der Waals surface area contributed by atoms with Crippen LogP contribution in [-0.2, 0) is 11.3 Å². The second-order valence-corrected chi connectivity index (χ2v) is 4.65. The Hall–Kier alpha value is -2.95. The number of rotatable bonds is 5. The fourth-order valence-corrected chi connectivity index (χ4v) is 1.88. The molecule has 0 radical (unpaired) electrons. The Morgan fingerprint density at radius 2 is 2.05 bits per heavy atom. The molecule has 0 aromatic heterocycles. The highest BCUT2D eigenvalue weighted by molar-refractivity contribution is 5.91. The van der Waals surface area contributed by atoms with Crippen molar-refractivity contribution >= 4 is 12.0 Å². The molecule has 22 heavy (non-hydrogen) atoms. The highest BCUT2D eigenvalue weighted by Crippen LogP contribution is 2.26. The Morgan fingerprint density at radius 1 is 1.23 bits per heavy atom. The van der Waals surface area contributed by atoms with Crippen molar-refractivity contribution < 1.29 is 19.7 Å². The zero-order valence-electron chi connectivity index (χ0n) is 12.1. The van der Waals surface area contributed by atoms with Gasteiger partial charge in [-0.2, -0.15) is 0 Å². The average Bonchev–Trinajstić information content (AvgIpc) is 2.52. The first-order chi connectivity index (χ1) is 10.6. The van der Waals surface area contributed by atoms with E-state index in [0.29, 0.717) is 12.3 Å². The first-order valence-electron chi connectivity index (χ1n) is 6.69. The summed E-state index contributed by atoms with van der Waals surface area (Å²) in [5.41, 5.74) is 1.55. The summed E-state index contributed by atoms with van der Waals surface area (Å²) >= 11 is 0. The Kier molecular flexibility index (Phi) is 5.03. The summed E-state index contributed by atoms with van der Waals surface area (Å²) in [6.07, 6.45) is 3.01. The number of benzene rings is 2. The Balaban J connectivity index is 1.93. The third-order valence-corrected chi connectivity index (χ3v) is 3.01. The van der Waals surface area contributed by atoms with Gasteiger partial charge < -0.3 is 20.3 Å². The maximum absolute atomic E-state index is 11.8. The third-order valence-electron chi connectivity index (χ3n) is 3.01. The van der Waals surface area contributed by atoms with Crippen molar-refractivity contribution in [3.05, 3.63) is 59.7 Å². The lowest BCUT2D eigenvalue weighted by molar-refractivity contribution is -0.116. The average molecular weight is 299 g/mol. The molecule has 0 atom stereocenters. The lowest BCUT2D eigenvalue weighted by atomic mass is 10.2. The van der Waals surface area contributed by atoms with E-state index in [0.717, 1.165) is 11.1 Å². The zero-order chi connectivity index (χ0) is 15.9. The van der Waals surface area contributed by atoms with Crippen molar-refractivity contribution in [1.82, 2.24) is 5.32 Å². The molecule has 0 fully saturated rings. The van der Waals surface area contributed by atoms with Crippen molar-refractivity contribution in [2.24, 2.45) is 0 Å². The first-order valence-corrected chi connectivity index (χ1v) is 6.69. The molecule has 0 aliphatic carbocycles. The lowest BCUT2D eigenvalue weighted by Gasteiger charge is -2.07. The molecular formula is C17H17NO4. The predicted octanol–water partition coefficient (Wildman–Crippen LogP) is 2.44. The summed E-state index contributed by atoms with van der Waals surface area (Å²) in [5.74, 6) is 0.317. The first kappa shape index (κ1) is 15.4. The molecule has 2 rings (SSSR count). The van der Waals surface area contributed by atoms with E-state index in [4.69, 9.17) is 4.74 Å². The van der Waals surface area contributed by atoms with Crippen LogP contribution in [0.4, 0.5) is 0 Å². The van der Waals surface area contributed by atoms with Crippen LogP contribution in [0.3, 0.4) is 0 Å². The number of aromatic hydroxyl groups is 2. The van der Waals surface area contributed by atoms with Crippen LogP contribution >= 0.6 is 0 Å². The van der Waals surface area contributed by atoms with E-state index in [1.165, 1.54) is 19.3 Å². The Morgan fingerprint density at radius 3 is 2.77 bits per heavy atom. The second kappa shape index (κ2) is 7.17. The molecule has 2 aromatic carbocycles. The van der Waals surface area contributed by atoms with E-state index in [1.807, 2.05) is 0 Å². The number of phenolic OH excluding ortho intramolecular Hbond substituents is 2. The maximum atomic E-state index is 11.8. The van der Waals surface area contributed by atoms with Crippen molar-refractivity contribution in [3.63, 3.8) is 0 Å². The van der Waals surface area contributed by atoms with Crippen molar-refractivity contribution in [3.8, 4) is 17.2 Å². The number of hydrogen-bond acceptors (Lipinski definition) is 4. The Labute approximate surface area is 128 Å². The molecule has 0 spiro atoms. The van der Waals surface area contributed by atoms with Crippen LogP contribution in [-0.4, -0.2) is 23.2 Å². The fourth-order valence-electron chi connectivity index (χ4n) is 1.88. The summed E-state index contributed by atoms with van der Waals surface area (Å²) in [7, 11) is 1.47. The van der Waals surface area contributed by atoms with Crippen LogP contribution in [0.5, 0.6) is 17.2 Å². The van der Waals surface area contributed by atoms with Gasteiger partial charge in [-0.25, -0.2) is 0 Å². The molecule has 2 aromatic rings. The van der Waals surface area contributed by atoms with Gasteiger partial charge in [0.15, 0.2) is 11.5 Å².